The number of hydrogen-bond acceptors (Lipinski definition) is 2. The summed E-state index contributed by atoms with van der Waals surface area (Å²) >= 11 is 0. The molecule has 256 valence electrons. The van der Waals surface area contributed by atoms with Crippen molar-refractivity contribution < 1.29 is 0 Å². The van der Waals surface area contributed by atoms with Crippen molar-refractivity contribution >= 4 is 0 Å². The summed E-state index contributed by atoms with van der Waals surface area (Å²) in [5, 5.41) is 0. The van der Waals surface area contributed by atoms with Crippen LogP contribution in [0.2, 0.25) is 0 Å². The van der Waals surface area contributed by atoms with Crippen molar-refractivity contribution in [2.24, 2.45) is 0 Å². The minimum absolute atomic E-state index is 0.640. The van der Waals surface area contributed by atoms with Gasteiger partial charge in [-0.05, 0) is 25.7 Å². The first-order valence-electron chi connectivity index (χ1n) is 20.5. The summed E-state index contributed by atoms with van der Waals surface area (Å²) in [5.41, 5.74) is 0. The average molecular weight is 603 g/mol. The van der Waals surface area contributed by atoms with Crippen molar-refractivity contribution in [2.45, 2.75) is 239 Å². The van der Waals surface area contributed by atoms with Crippen LogP contribution in [0.25, 0.3) is 0 Å². The fourth-order valence-electron chi connectivity index (χ4n) is 7.07. The summed E-state index contributed by atoms with van der Waals surface area (Å²) in [6.45, 7) is 9.48. The van der Waals surface area contributed by atoms with Gasteiger partial charge in [0, 0.05) is 25.5 Å². The predicted octanol–water partition coefficient (Wildman–Crippen LogP) is 14.3. The second-order valence-electron chi connectivity index (χ2n) is 14.3. The van der Waals surface area contributed by atoms with E-state index in [9.17, 15) is 0 Å². The minimum atomic E-state index is 0.640. The zero-order valence-electron chi connectivity index (χ0n) is 30.4. The Morgan fingerprint density at radius 2 is 0.535 bits per heavy atom. The summed E-state index contributed by atoms with van der Waals surface area (Å²) in [5.74, 6) is 0. The summed E-state index contributed by atoms with van der Waals surface area (Å²) < 4.78 is 0. The maximum absolute atomic E-state index is 2.72. The van der Waals surface area contributed by atoms with Crippen LogP contribution in [0, 0.1) is 0 Å². The molecule has 0 spiro atoms. The van der Waals surface area contributed by atoms with Gasteiger partial charge in [-0.1, -0.05) is 207 Å². The smallest absolute Gasteiger partial charge is 0.101 e. The first-order chi connectivity index (χ1) is 21.3. The van der Waals surface area contributed by atoms with E-state index in [2.05, 4.69) is 43.0 Å². The average Bonchev–Trinajstić information content (AvgIpc) is 3.40. The van der Waals surface area contributed by atoms with E-state index in [1.807, 2.05) is 0 Å². The third-order valence-corrected chi connectivity index (χ3v) is 10.1. The SMILES string of the molecule is CCCCCCCCCCCCCCCCCN1C=CN(CCCCCCCCCC)C1CCCCCCCCCCC. The molecule has 0 bridgehead atoms. The van der Waals surface area contributed by atoms with Gasteiger partial charge in [0.1, 0.15) is 6.17 Å². The Morgan fingerprint density at radius 1 is 0.302 bits per heavy atom. The van der Waals surface area contributed by atoms with E-state index in [1.165, 1.54) is 225 Å². The van der Waals surface area contributed by atoms with Gasteiger partial charge in [-0.15, -0.1) is 0 Å². The Labute approximate surface area is 273 Å². The Balaban J connectivity index is 2.18. The Morgan fingerprint density at radius 3 is 0.814 bits per heavy atom. The Bertz CT molecular complexity index is 558. The third-order valence-electron chi connectivity index (χ3n) is 10.1. The van der Waals surface area contributed by atoms with Crippen LogP contribution in [-0.2, 0) is 0 Å². The molecule has 2 heteroatoms. The molecular weight excluding hydrogens is 520 g/mol. The molecule has 0 saturated heterocycles. The molecule has 0 saturated carbocycles. The van der Waals surface area contributed by atoms with Gasteiger partial charge in [0.25, 0.3) is 0 Å². The lowest BCUT2D eigenvalue weighted by Crippen LogP contribution is -2.39. The van der Waals surface area contributed by atoms with Crippen LogP contribution < -0.4 is 0 Å². The largest absolute Gasteiger partial charge is 0.356 e. The molecule has 0 aromatic carbocycles. The lowest BCUT2D eigenvalue weighted by molar-refractivity contribution is 0.135. The third kappa shape index (κ3) is 25.2. The van der Waals surface area contributed by atoms with E-state index in [1.54, 1.807) is 0 Å². The van der Waals surface area contributed by atoms with Gasteiger partial charge in [-0.25, -0.2) is 0 Å². The second kappa shape index (κ2) is 32.7. The van der Waals surface area contributed by atoms with Crippen LogP contribution in [0.5, 0.6) is 0 Å². The highest BCUT2D eigenvalue weighted by Gasteiger charge is 2.24. The Kier molecular flexibility index (Phi) is 30.7. The fraction of sp³-hybridized carbons (Fsp3) is 0.951. The standard InChI is InChI=1S/C41H82N2/c1-4-7-10-13-16-19-20-21-22-23-24-26-29-32-35-38-43-40-39-42(37-34-31-28-18-15-12-9-6-3)41(43)36-33-30-27-25-17-14-11-8-5-2/h39-41H,4-38H2,1-3H3. The van der Waals surface area contributed by atoms with Crippen molar-refractivity contribution in [1.29, 1.82) is 0 Å². The van der Waals surface area contributed by atoms with Gasteiger partial charge in [0.2, 0.25) is 0 Å². The van der Waals surface area contributed by atoms with Gasteiger partial charge >= 0.3 is 0 Å². The first kappa shape index (κ1) is 40.4. The molecule has 2 nitrogen and oxygen atoms in total. The van der Waals surface area contributed by atoms with E-state index in [4.69, 9.17) is 0 Å². The van der Waals surface area contributed by atoms with E-state index in [0.29, 0.717) is 6.17 Å². The lowest BCUT2D eigenvalue weighted by Gasteiger charge is -2.33. The summed E-state index contributed by atoms with van der Waals surface area (Å²) in [4.78, 5) is 5.44. The molecular formula is C41H82N2. The van der Waals surface area contributed by atoms with E-state index in [-0.39, 0.29) is 0 Å². The van der Waals surface area contributed by atoms with Crippen molar-refractivity contribution in [1.82, 2.24) is 9.80 Å². The van der Waals surface area contributed by atoms with Crippen LogP contribution in [-0.4, -0.2) is 29.1 Å². The lowest BCUT2D eigenvalue weighted by atomic mass is 10.0. The monoisotopic (exact) mass is 603 g/mol. The maximum Gasteiger partial charge on any atom is 0.101 e. The Hall–Kier alpha value is -0.660. The van der Waals surface area contributed by atoms with Crippen LogP contribution in [0.1, 0.15) is 233 Å². The zero-order valence-corrected chi connectivity index (χ0v) is 30.4. The van der Waals surface area contributed by atoms with Gasteiger partial charge in [-0.2, -0.15) is 0 Å². The quantitative estimate of drug-likeness (QED) is 0.0666. The number of rotatable bonds is 35. The molecule has 0 radical (unpaired) electrons. The van der Waals surface area contributed by atoms with Crippen LogP contribution >= 0.6 is 0 Å². The molecule has 1 aliphatic rings. The molecule has 0 aromatic rings. The number of hydrogen-bond donors (Lipinski definition) is 0. The van der Waals surface area contributed by atoms with E-state index < -0.39 is 0 Å². The number of unbranched alkanes of at least 4 members (excludes halogenated alkanes) is 29. The molecule has 1 atom stereocenters. The molecule has 1 aliphatic heterocycles. The number of nitrogens with zero attached hydrogens (tertiary/aromatic N) is 2. The molecule has 43 heavy (non-hydrogen) atoms. The van der Waals surface area contributed by atoms with Crippen LogP contribution in [0.4, 0.5) is 0 Å². The highest BCUT2D eigenvalue weighted by atomic mass is 15.4. The van der Waals surface area contributed by atoms with Crippen molar-refractivity contribution in [3.8, 4) is 0 Å². The van der Waals surface area contributed by atoms with Crippen LogP contribution in [0.3, 0.4) is 0 Å². The predicted molar refractivity (Wildman–Crippen MR) is 196 cm³/mol. The molecule has 0 aliphatic carbocycles. The topological polar surface area (TPSA) is 6.48 Å². The van der Waals surface area contributed by atoms with E-state index in [0.717, 1.165) is 0 Å². The molecule has 1 rings (SSSR count). The fourth-order valence-corrected chi connectivity index (χ4v) is 7.07. The van der Waals surface area contributed by atoms with Gasteiger partial charge < -0.3 is 9.80 Å². The summed E-state index contributed by atoms with van der Waals surface area (Å²) in [7, 11) is 0. The van der Waals surface area contributed by atoms with Crippen LogP contribution in [0.15, 0.2) is 12.4 Å². The molecule has 0 amide bonds. The minimum Gasteiger partial charge on any atom is -0.356 e. The summed E-state index contributed by atoms with van der Waals surface area (Å²) in [6, 6.07) is 0. The van der Waals surface area contributed by atoms with Crippen molar-refractivity contribution in [3.05, 3.63) is 12.4 Å². The van der Waals surface area contributed by atoms with Crippen molar-refractivity contribution in [2.75, 3.05) is 13.1 Å². The normalized spacial score (nSPS) is 14.9. The zero-order chi connectivity index (χ0) is 30.9. The molecule has 0 aromatic heterocycles. The van der Waals surface area contributed by atoms with Gasteiger partial charge in [0.05, 0.1) is 0 Å². The maximum atomic E-state index is 2.72. The highest BCUT2D eigenvalue weighted by Crippen LogP contribution is 2.24. The molecule has 0 N–H and O–H groups in total. The van der Waals surface area contributed by atoms with Crippen molar-refractivity contribution in [3.63, 3.8) is 0 Å². The first-order valence-corrected chi connectivity index (χ1v) is 20.5. The van der Waals surface area contributed by atoms with E-state index >= 15 is 0 Å². The molecule has 0 fully saturated rings. The molecule has 1 unspecified atom stereocenters. The molecule has 1 heterocycles. The summed E-state index contributed by atoms with van der Waals surface area (Å²) in [6.07, 6.45) is 52.9. The second-order valence-corrected chi connectivity index (χ2v) is 14.3. The van der Waals surface area contributed by atoms with Gasteiger partial charge in [-0.3, -0.25) is 0 Å². The van der Waals surface area contributed by atoms with Gasteiger partial charge in [0.15, 0.2) is 0 Å². The highest BCUT2D eigenvalue weighted by molar-refractivity contribution is 4.97.